The van der Waals surface area contributed by atoms with E-state index in [1.165, 1.54) is 0 Å². The molecule has 3 nitrogen and oxygen atoms in total. The van der Waals surface area contributed by atoms with Crippen molar-refractivity contribution < 1.29 is 9.53 Å². The van der Waals surface area contributed by atoms with Crippen LogP contribution in [0.1, 0.15) is 6.92 Å². The SMILES string of the molecule is CCOC(=O)C(=C(S)S)N(C)C. The Hall–Kier alpha value is -0.290. The van der Waals surface area contributed by atoms with Gasteiger partial charge in [0.25, 0.3) is 0 Å². The van der Waals surface area contributed by atoms with Crippen molar-refractivity contribution in [3.63, 3.8) is 0 Å². The van der Waals surface area contributed by atoms with Gasteiger partial charge in [-0.3, -0.25) is 0 Å². The number of carbonyl (C=O) groups is 1. The molecular weight excluding hydrogens is 194 g/mol. The second kappa shape index (κ2) is 5.37. The largest absolute Gasteiger partial charge is 0.461 e. The van der Waals surface area contributed by atoms with E-state index in [0.717, 1.165) is 0 Å². The summed E-state index contributed by atoms with van der Waals surface area (Å²) in [6.07, 6.45) is 0. The van der Waals surface area contributed by atoms with Gasteiger partial charge < -0.3 is 9.64 Å². The van der Waals surface area contributed by atoms with E-state index in [1.807, 2.05) is 0 Å². The minimum atomic E-state index is -0.400. The summed E-state index contributed by atoms with van der Waals surface area (Å²) in [7, 11) is 3.47. The van der Waals surface area contributed by atoms with Gasteiger partial charge in [-0.2, -0.15) is 0 Å². The van der Waals surface area contributed by atoms with Gasteiger partial charge in [-0.05, 0) is 6.92 Å². The van der Waals surface area contributed by atoms with Gasteiger partial charge >= 0.3 is 5.97 Å². The summed E-state index contributed by atoms with van der Waals surface area (Å²) in [6, 6.07) is 0. The number of likely N-dealkylation sites (N-methyl/N-ethyl adjacent to an activating group) is 1. The first-order chi connectivity index (χ1) is 5.50. The summed E-state index contributed by atoms with van der Waals surface area (Å²) in [4.78, 5) is 12.8. The second-order valence-corrected chi connectivity index (χ2v) is 3.53. The molecule has 0 aromatic carbocycles. The van der Waals surface area contributed by atoms with E-state index in [2.05, 4.69) is 25.3 Å². The molecule has 0 aliphatic heterocycles. The Kier molecular flexibility index (Phi) is 5.24. The van der Waals surface area contributed by atoms with Crippen molar-refractivity contribution in [2.45, 2.75) is 6.92 Å². The van der Waals surface area contributed by atoms with Crippen LogP contribution in [0.3, 0.4) is 0 Å². The predicted octanol–water partition coefficient (Wildman–Crippen LogP) is 1.14. The number of rotatable bonds is 3. The highest BCUT2D eigenvalue weighted by Gasteiger charge is 2.14. The van der Waals surface area contributed by atoms with Gasteiger partial charge in [0.05, 0.1) is 10.8 Å². The molecule has 0 radical (unpaired) electrons. The number of hydrogen-bond donors (Lipinski definition) is 2. The third kappa shape index (κ3) is 3.40. The van der Waals surface area contributed by atoms with Gasteiger partial charge in [-0.1, -0.05) is 0 Å². The second-order valence-electron chi connectivity index (χ2n) is 2.29. The molecule has 0 aromatic rings. The average Bonchev–Trinajstić information content (AvgIpc) is 1.85. The Bertz CT molecular complexity index is 198. The first kappa shape index (κ1) is 11.7. The molecule has 0 bridgehead atoms. The Morgan fingerprint density at radius 1 is 1.42 bits per heavy atom. The minimum absolute atomic E-state index is 0.352. The van der Waals surface area contributed by atoms with Crippen molar-refractivity contribution in [3.05, 3.63) is 9.93 Å². The van der Waals surface area contributed by atoms with Gasteiger partial charge in [0.1, 0.15) is 5.70 Å². The Labute approximate surface area is 83.6 Å². The fourth-order valence-electron chi connectivity index (χ4n) is 0.673. The van der Waals surface area contributed by atoms with E-state index in [-0.39, 0.29) is 0 Å². The fourth-order valence-corrected chi connectivity index (χ4v) is 1.26. The molecule has 0 unspecified atom stereocenters. The maximum Gasteiger partial charge on any atom is 0.356 e. The monoisotopic (exact) mass is 207 g/mol. The first-order valence-corrected chi connectivity index (χ1v) is 4.36. The van der Waals surface area contributed by atoms with Gasteiger partial charge in [0.2, 0.25) is 0 Å². The van der Waals surface area contributed by atoms with Crippen molar-refractivity contribution in [3.8, 4) is 0 Å². The quantitative estimate of drug-likeness (QED) is 0.413. The van der Waals surface area contributed by atoms with Crippen LogP contribution in [0.2, 0.25) is 0 Å². The van der Waals surface area contributed by atoms with Gasteiger partial charge in [0.15, 0.2) is 0 Å². The molecular formula is C7H13NO2S2. The minimum Gasteiger partial charge on any atom is -0.461 e. The van der Waals surface area contributed by atoms with Crippen LogP contribution >= 0.6 is 25.3 Å². The Balaban J connectivity index is 4.55. The smallest absolute Gasteiger partial charge is 0.356 e. The van der Waals surface area contributed by atoms with Crippen molar-refractivity contribution in [2.24, 2.45) is 0 Å². The van der Waals surface area contributed by atoms with E-state index in [1.54, 1.807) is 25.9 Å². The molecule has 0 amide bonds. The first-order valence-electron chi connectivity index (χ1n) is 3.47. The predicted molar refractivity (Wildman–Crippen MR) is 55.3 cm³/mol. The maximum absolute atomic E-state index is 11.2. The summed E-state index contributed by atoms with van der Waals surface area (Å²) in [6.45, 7) is 2.10. The Morgan fingerprint density at radius 3 is 2.17 bits per heavy atom. The molecule has 0 aromatic heterocycles. The van der Waals surface area contributed by atoms with Crippen molar-refractivity contribution in [1.82, 2.24) is 4.90 Å². The highest BCUT2D eigenvalue weighted by molar-refractivity contribution is 8.05. The molecule has 0 heterocycles. The molecule has 0 atom stereocenters. The van der Waals surface area contributed by atoms with E-state index in [9.17, 15) is 4.79 Å². The topological polar surface area (TPSA) is 29.5 Å². The molecule has 0 aliphatic carbocycles. The number of nitrogens with zero attached hydrogens (tertiary/aromatic N) is 1. The lowest BCUT2D eigenvalue weighted by Gasteiger charge is -2.15. The molecule has 0 aliphatic rings. The van der Waals surface area contributed by atoms with Crippen LogP contribution in [-0.4, -0.2) is 31.6 Å². The zero-order chi connectivity index (χ0) is 9.72. The summed E-state index contributed by atoms with van der Waals surface area (Å²) in [5.74, 6) is -0.400. The van der Waals surface area contributed by atoms with E-state index < -0.39 is 5.97 Å². The summed E-state index contributed by atoms with van der Waals surface area (Å²) in [5.41, 5.74) is 0.364. The van der Waals surface area contributed by atoms with E-state index >= 15 is 0 Å². The van der Waals surface area contributed by atoms with Crippen LogP contribution in [-0.2, 0) is 9.53 Å². The standard InChI is InChI=1S/C7H13NO2S2/c1-4-10-6(9)5(7(11)12)8(2)3/h11-12H,4H2,1-3H3. The molecule has 5 heteroatoms. The van der Waals surface area contributed by atoms with Crippen LogP contribution < -0.4 is 0 Å². The molecule has 70 valence electrons. The molecule has 0 fully saturated rings. The lowest BCUT2D eigenvalue weighted by Crippen LogP contribution is -2.21. The zero-order valence-electron chi connectivity index (χ0n) is 7.37. The van der Waals surface area contributed by atoms with Crippen molar-refractivity contribution in [2.75, 3.05) is 20.7 Å². The fraction of sp³-hybridized carbons (Fsp3) is 0.571. The molecule has 0 saturated heterocycles. The third-order valence-electron chi connectivity index (χ3n) is 1.13. The van der Waals surface area contributed by atoms with Crippen LogP contribution in [0, 0.1) is 0 Å². The normalized spacial score (nSPS) is 9.08. The number of hydrogen-bond acceptors (Lipinski definition) is 5. The van der Waals surface area contributed by atoms with Crippen LogP contribution in [0.15, 0.2) is 9.93 Å². The highest BCUT2D eigenvalue weighted by atomic mass is 32.2. The molecule has 0 N–H and O–H groups in total. The zero-order valence-corrected chi connectivity index (χ0v) is 9.15. The van der Waals surface area contributed by atoms with Crippen LogP contribution in [0.5, 0.6) is 0 Å². The summed E-state index contributed by atoms with van der Waals surface area (Å²) in [5, 5.41) is 0. The lowest BCUT2D eigenvalue weighted by molar-refractivity contribution is -0.140. The lowest BCUT2D eigenvalue weighted by atomic mass is 10.4. The van der Waals surface area contributed by atoms with E-state index in [4.69, 9.17) is 4.74 Å². The molecule has 0 saturated carbocycles. The van der Waals surface area contributed by atoms with E-state index in [0.29, 0.717) is 16.5 Å². The highest BCUT2D eigenvalue weighted by Crippen LogP contribution is 2.15. The number of thiol groups is 2. The third-order valence-corrected chi connectivity index (χ3v) is 1.55. The number of carbonyl (C=O) groups excluding carboxylic acids is 1. The molecule has 12 heavy (non-hydrogen) atoms. The number of esters is 1. The van der Waals surface area contributed by atoms with Gasteiger partial charge in [-0.15, -0.1) is 25.3 Å². The van der Waals surface area contributed by atoms with Crippen molar-refractivity contribution in [1.29, 1.82) is 0 Å². The summed E-state index contributed by atoms with van der Waals surface area (Å²) < 4.78 is 5.15. The average molecular weight is 207 g/mol. The van der Waals surface area contributed by atoms with Crippen LogP contribution in [0.4, 0.5) is 0 Å². The summed E-state index contributed by atoms with van der Waals surface area (Å²) >= 11 is 7.93. The van der Waals surface area contributed by atoms with Crippen molar-refractivity contribution >= 4 is 31.2 Å². The molecule has 0 spiro atoms. The molecule has 0 rings (SSSR count). The maximum atomic E-state index is 11.2. The van der Waals surface area contributed by atoms with Gasteiger partial charge in [-0.25, -0.2) is 4.79 Å². The van der Waals surface area contributed by atoms with Crippen LogP contribution in [0.25, 0.3) is 0 Å². The Morgan fingerprint density at radius 2 is 1.92 bits per heavy atom. The van der Waals surface area contributed by atoms with Gasteiger partial charge in [0, 0.05) is 14.1 Å². The number of ether oxygens (including phenoxy) is 1.